The van der Waals surface area contributed by atoms with Crippen LogP contribution in [0.1, 0.15) is 42.0 Å². The molecule has 0 bridgehead atoms. The molecule has 0 aliphatic heterocycles. The molecule has 140 valence electrons. The first kappa shape index (κ1) is 18.4. The van der Waals surface area contributed by atoms with Crippen LogP contribution in [-0.4, -0.2) is 0 Å². The Bertz CT molecular complexity index is 1090. The van der Waals surface area contributed by atoms with Crippen LogP contribution >= 0.6 is 0 Å². The van der Waals surface area contributed by atoms with E-state index in [0.717, 1.165) is 64.6 Å². The summed E-state index contributed by atoms with van der Waals surface area (Å²) in [6.07, 6.45) is 4.28. The van der Waals surface area contributed by atoms with E-state index in [1.807, 2.05) is 30.3 Å². The molecule has 0 N–H and O–H groups in total. The van der Waals surface area contributed by atoms with Gasteiger partial charge in [0.25, 0.3) is 0 Å². The van der Waals surface area contributed by atoms with Crippen molar-refractivity contribution >= 4 is 0 Å². The SMILES string of the molecule is CCCCc1ccc2c(c1F)CCc1cc(-c3ccc(C#N)c(F)c3)ccc1-2. The Morgan fingerprint density at radius 3 is 2.43 bits per heavy atom. The first-order valence-corrected chi connectivity index (χ1v) is 9.76. The van der Waals surface area contributed by atoms with Gasteiger partial charge < -0.3 is 0 Å². The van der Waals surface area contributed by atoms with Gasteiger partial charge in [-0.25, -0.2) is 8.78 Å². The highest BCUT2D eigenvalue weighted by Crippen LogP contribution is 2.38. The number of rotatable bonds is 4. The number of unbranched alkanes of at least 4 members (excludes halogenated alkanes) is 1. The van der Waals surface area contributed by atoms with Gasteiger partial charge in [-0.05, 0) is 76.8 Å². The summed E-state index contributed by atoms with van der Waals surface area (Å²) in [6, 6.07) is 16.5. The van der Waals surface area contributed by atoms with Crippen LogP contribution in [0.25, 0.3) is 22.3 Å². The highest BCUT2D eigenvalue weighted by atomic mass is 19.1. The van der Waals surface area contributed by atoms with Crippen LogP contribution in [0.3, 0.4) is 0 Å². The lowest BCUT2D eigenvalue weighted by Crippen LogP contribution is -2.08. The van der Waals surface area contributed by atoms with E-state index in [1.165, 1.54) is 12.1 Å². The van der Waals surface area contributed by atoms with Crippen molar-refractivity contribution < 1.29 is 8.78 Å². The summed E-state index contributed by atoms with van der Waals surface area (Å²) in [4.78, 5) is 0. The number of nitrogens with zero attached hydrogens (tertiary/aromatic N) is 1. The van der Waals surface area contributed by atoms with Crippen LogP contribution in [0, 0.1) is 23.0 Å². The Hall–Kier alpha value is -2.99. The van der Waals surface area contributed by atoms with Crippen LogP contribution in [0.2, 0.25) is 0 Å². The average molecular weight is 373 g/mol. The van der Waals surface area contributed by atoms with Crippen LogP contribution in [0.5, 0.6) is 0 Å². The lowest BCUT2D eigenvalue weighted by Gasteiger charge is -2.22. The zero-order valence-electron chi connectivity index (χ0n) is 15.9. The quantitative estimate of drug-likeness (QED) is 0.505. The zero-order chi connectivity index (χ0) is 19.7. The second-order valence-electron chi connectivity index (χ2n) is 7.35. The van der Waals surface area contributed by atoms with Gasteiger partial charge in [0.1, 0.15) is 17.7 Å². The van der Waals surface area contributed by atoms with E-state index in [9.17, 15) is 8.78 Å². The monoisotopic (exact) mass is 373 g/mol. The van der Waals surface area contributed by atoms with Gasteiger partial charge in [-0.15, -0.1) is 0 Å². The van der Waals surface area contributed by atoms with Crippen LogP contribution in [0.15, 0.2) is 48.5 Å². The predicted molar refractivity (Wildman–Crippen MR) is 108 cm³/mol. The van der Waals surface area contributed by atoms with Gasteiger partial charge in [0, 0.05) is 0 Å². The maximum absolute atomic E-state index is 15.0. The van der Waals surface area contributed by atoms with Crippen molar-refractivity contribution in [3.8, 4) is 28.3 Å². The molecule has 1 nitrogen and oxygen atoms in total. The maximum atomic E-state index is 15.0. The molecule has 0 unspecified atom stereocenters. The molecule has 3 heteroatoms. The molecule has 1 aliphatic rings. The molecule has 1 aliphatic carbocycles. The fourth-order valence-corrected chi connectivity index (χ4v) is 4.01. The fourth-order valence-electron chi connectivity index (χ4n) is 4.01. The standard InChI is InChI=1S/C25H21F2N/c1-2-3-4-16-7-11-22-21-10-8-17(13-19(21)9-12-23(22)25(16)27)18-5-6-20(15-28)24(26)14-18/h5-8,10-11,13-14H,2-4,9,12H2,1H3. The molecule has 0 saturated carbocycles. The second kappa shape index (κ2) is 7.56. The third-order valence-electron chi connectivity index (χ3n) is 5.59. The van der Waals surface area contributed by atoms with Gasteiger partial charge in [-0.2, -0.15) is 5.26 Å². The molecular formula is C25H21F2N. The molecular weight excluding hydrogens is 352 g/mol. The van der Waals surface area contributed by atoms with Crippen molar-refractivity contribution in [3.05, 3.63) is 82.4 Å². The summed E-state index contributed by atoms with van der Waals surface area (Å²) < 4.78 is 28.9. The Morgan fingerprint density at radius 2 is 1.68 bits per heavy atom. The fraction of sp³-hybridized carbons (Fsp3) is 0.240. The van der Waals surface area contributed by atoms with Gasteiger partial charge in [0.15, 0.2) is 0 Å². The minimum Gasteiger partial charge on any atom is -0.206 e. The summed E-state index contributed by atoms with van der Waals surface area (Å²) >= 11 is 0. The number of fused-ring (bicyclic) bond motifs is 3. The summed E-state index contributed by atoms with van der Waals surface area (Å²) in [7, 11) is 0. The van der Waals surface area contributed by atoms with Crippen LogP contribution < -0.4 is 0 Å². The average Bonchev–Trinajstić information content (AvgIpc) is 2.72. The molecule has 0 fully saturated rings. The first-order chi connectivity index (χ1) is 13.6. The van der Waals surface area contributed by atoms with E-state index in [0.29, 0.717) is 6.42 Å². The number of aryl methyl sites for hydroxylation is 2. The normalized spacial score (nSPS) is 12.2. The molecule has 0 saturated heterocycles. The molecule has 0 heterocycles. The van der Waals surface area contributed by atoms with Gasteiger partial charge in [0.2, 0.25) is 0 Å². The molecule has 0 radical (unpaired) electrons. The van der Waals surface area contributed by atoms with E-state index >= 15 is 0 Å². The van der Waals surface area contributed by atoms with E-state index < -0.39 is 5.82 Å². The molecule has 28 heavy (non-hydrogen) atoms. The summed E-state index contributed by atoms with van der Waals surface area (Å²) in [6.45, 7) is 2.11. The van der Waals surface area contributed by atoms with Crippen molar-refractivity contribution in [3.63, 3.8) is 0 Å². The minimum atomic E-state index is -0.509. The molecule has 0 amide bonds. The third kappa shape index (κ3) is 3.20. The van der Waals surface area contributed by atoms with E-state index in [4.69, 9.17) is 5.26 Å². The molecule has 4 rings (SSSR count). The van der Waals surface area contributed by atoms with Crippen molar-refractivity contribution in [1.29, 1.82) is 5.26 Å². The number of halogens is 2. The van der Waals surface area contributed by atoms with E-state index in [1.54, 1.807) is 6.07 Å². The number of hydrogen-bond donors (Lipinski definition) is 0. The smallest absolute Gasteiger partial charge is 0.141 e. The second-order valence-corrected chi connectivity index (χ2v) is 7.35. The summed E-state index contributed by atoms with van der Waals surface area (Å²) in [5.41, 5.74) is 6.50. The number of hydrogen-bond acceptors (Lipinski definition) is 1. The molecule has 0 aromatic heterocycles. The van der Waals surface area contributed by atoms with Gasteiger partial charge in [0.05, 0.1) is 5.56 Å². The zero-order valence-corrected chi connectivity index (χ0v) is 15.9. The Labute approximate surface area is 164 Å². The highest BCUT2D eigenvalue weighted by Gasteiger charge is 2.21. The Kier molecular flexibility index (Phi) is 4.96. The van der Waals surface area contributed by atoms with Crippen molar-refractivity contribution in [1.82, 2.24) is 0 Å². The highest BCUT2D eigenvalue weighted by molar-refractivity contribution is 5.78. The molecule has 3 aromatic rings. The van der Waals surface area contributed by atoms with E-state index in [2.05, 4.69) is 13.0 Å². The lowest BCUT2D eigenvalue weighted by molar-refractivity contribution is 0.585. The molecule has 0 spiro atoms. The van der Waals surface area contributed by atoms with Crippen LogP contribution in [0.4, 0.5) is 8.78 Å². The van der Waals surface area contributed by atoms with Gasteiger partial charge in [-0.1, -0.05) is 49.7 Å². The topological polar surface area (TPSA) is 23.8 Å². The predicted octanol–water partition coefficient (Wildman–Crippen LogP) is 6.61. The van der Waals surface area contributed by atoms with Crippen molar-refractivity contribution in [2.75, 3.05) is 0 Å². The van der Waals surface area contributed by atoms with Crippen molar-refractivity contribution in [2.45, 2.75) is 39.0 Å². The minimum absolute atomic E-state index is 0.0463. The van der Waals surface area contributed by atoms with Gasteiger partial charge >= 0.3 is 0 Å². The molecule has 0 atom stereocenters. The maximum Gasteiger partial charge on any atom is 0.141 e. The van der Waals surface area contributed by atoms with Crippen LogP contribution in [-0.2, 0) is 19.3 Å². The lowest BCUT2D eigenvalue weighted by atomic mass is 9.82. The largest absolute Gasteiger partial charge is 0.206 e. The molecule has 3 aromatic carbocycles. The van der Waals surface area contributed by atoms with E-state index in [-0.39, 0.29) is 11.4 Å². The Morgan fingerprint density at radius 1 is 0.929 bits per heavy atom. The third-order valence-corrected chi connectivity index (χ3v) is 5.59. The van der Waals surface area contributed by atoms with Crippen molar-refractivity contribution in [2.24, 2.45) is 0 Å². The summed E-state index contributed by atoms with van der Waals surface area (Å²) in [5.74, 6) is -0.556. The summed E-state index contributed by atoms with van der Waals surface area (Å²) in [5, 5.41) is 8.90. The van der Waals surface area contributed by atoms with Gasteiger partial charge in [-0.3, -0.25) is 0 Å². The number of nitriles is 1. The Balaban J connectivity index is 1.72. The number of benzene rings is 3. The first-order valence-electron chi connectivity index (χ1n) is 9.76.